The second-order valence-electron chi connectivity index (χ2n) is 8.98. The van der Waals surface area contributed by atoms with Crippen LogP contribution < -0.4 is 5.32 Å². The van der Waals surface area contributed by atoms with Crippen LogP contribution >= 0.6 is 0 Å². The predicted molar refractivity (Wildman–Crippen MR) is 91.8 cm³/mol. The molecule has 1 fully saturated rings. The van der Waals surface area contributed by atoms with Crippen LogP contribution in [0.15, 0.2) is 0 Å². The number of unbranched alkanes of at least 4 members (excludes halogenated alkanes) is 1. The van der Waals surface area contributed by atoms with Crippen LogP contribution in [-0.2, 0) is 4.79 Å². The van der Waals surface area contributed by atoms with Crippen molar-refractivity contribution in [3.8, 4) is 0 Å². The number of rotatable bonds is 6. The first-order valence-electron chi connectivity index (χ1n) is 8.72. The highest BCUT2D eigenvalue weighted by atomic mass is 16.3. The molecule has 0 aromatic heterocycles. The van der Waals surface area contributed by atoms with Crippen molar-refractivity contribution in [1.29, 1.82) is 0 Å². The minimum atomic E-state index is -0.347. The van der Waals surface area contributed by atoms with E-state index in [4.69, 9.17) is 0 Å². The summed E-state index contributed by atoms with van der Waals surface area (Å²) in [4.78, 5) is 14.5. The van der Waals surface area contributed by atoms with Crippen LogP contribution in [0.5, 0.6) is 0 Å². The second-order valence-corrected chi connectivity index (χ2v) is 8.98. The van der Waals surface area contributed by atoms with E-state index in [0.29, 0.717) is 24.9 Å². The van der Waals surface area contributed by atoms with E-state index in [2.05, 4.69) is 46.9 Å². The van der Waals surface area contributed by atoms with Crippen molar-refractivity contribution >= 4 is 5.91 Å². The normalized spacial score (nSPS) is 21.2. The van der Waals surface area contributed by atoms with Gasteiger partial charge in [0.2, 0.25) is 5.91 Å². The van der Waals surface area contributed by atoms with Crippen LogP contribution in [0.4, 0.5) is 0 Å². The maximum Gasteiger partial charge on any atom is 0.239 e. The van der Waals surface area contributed by atoms with Crippen LogP contribution in [0.1, 0.15) is 73.6 Å². The molecule has 1 aliphatic rings. The molecule has 22 heavy (non-hydrogen) atoms. The third-order valence-corrected chi connectivity index (χ3v) is 4.05. The van der Waals surface area contributed by atoms with Gasteiger partial charge in [0.25, 0.3) is 0 Å². The largest absolute Gasteiger partial charge is 0.391 e. The number of amides is 1. The van der Waals surface area contributed by atoms with Gasteiger partial charge in [-0.1, -0.05) is 33.6 Å². The fourth-order valence-corrected chi connectivity index (χ4v) is 2.95. The Morgan fingerprint density at radius 1 is 1.23 bits per heavy atom. The van der Waals surface area contributed by atoms with Gasteiger partial charge in [0, 0.05) is 18.6 Å². The van der Waals surface area contributed by atoms with Crippen LogP contribution in [0.25, 0.3) is 0 Å². The second kappa shape index (κ2) is 7.78. The molecule has 2 unspecified atom stereocenters. The van der Waals surface area contributed by atoms with E-state index in [-0.39, 0.29) is 23.6 Å². The van der Waals surface area contributed by atoms with Gasteiger partial charge in [-0.05, 0) is 45.4 Å². The first-order chi connectivity index (χ1) is 9.98. The fourth-order valence-electron chi connectivity index (χ4n) is 2.95. The summed E-state index contributed by atoms with van der Waals surface area (Å²) in [6.07, 6.45) is 4.64. The molecule has 1 aliphatic heterocycles. The third-order valence-electron chi connectivity index (χ3n) is 4.05. The van der Waals surface area contributed by atoms with Gasteiger partial charge < -0.3 is 15.3 Å². The molecule has 1 rings (SSSR count). The lowest BCUT2D eigenvalue weighted by atomic mass is 9.89. The van der Waals surface area contributed by atoms with Crippen molar-refractivity contribution in [1.82, 2.24) is 10.2 Å². The summed E-state index contributed by atoms with van der Waals surface area (Å²) in [5.41, 5.74) is 0.277. The summed E-state index contributed by atoms with van der Waals surface area (Å²) in [6, 6.07) is -0.134. The van der Waals surface area contributed by atoms with E-state index in [0.717, 1.165) is 19.3 Å². The zero-order valence-electron chi connectivity index (χ0n) is 15.4. The monoisotopic (exact) mass is 312 g/mol. The molecule has 0 bridgehead atoms. The molecule has 1 saturated heterocycles. The van der Waals surface area contributed by atoms with E-state index in [1.807, 2.05) is 4.90 Å². The van der Waals surface area contributed by atoms with Crippen LogP contribution in [-0.4, -0.2) is 46.7 Å². The lowest BCUT2D eigenvalue weighted by Crippen LogP contribution is -2.52. The molecule has 2 N–H and O–H groups in total. The molecule has 0 aliphatic carbocycles. The fraction of sp³-hybridized carbons (Fsp3) is 0.944. The molecule has 4 heteroatoms. The number of β-amino-alcohol motifs (C(OH)–C–C–N with tert-alkyl or cyclic N) is 1. The molecule has 130 valence electrons. The standard InChI is InChI=1S/C18H36N2O2/c1-17(2,3)11-8-7-9-15(19-18(4,5)6)16(22)20-12-10-14(21)13-20/h14-15,19,21H,7-13H2,1-6H3. The average Bonchev–Trinajstić information content (AvgIpc) is 2.76. The van der Waals surface area contributed by atoms with Crippen LogP contribution in [0.3, 0.4) is 0 Å². The van der Waals surface area contributed by atoms with Gasteiger partial charge in [0.05, 0.1) is 12.1 Å². The number of carbonyl (C=O) groups excluding carboxylic acids is 1. The van der Waals surface area contributed by atoms with Gasteiger partial charge in [0.15, 0.2) is 0 Å². The molecular weight excluding hydrogens is 276 g/mol. The molecule has 2 atom stereocenters. The lowest BCUT2D eigenvalue weighted by molar-refractivity contribution is -0.133. The molecule has 1 amide bonds. The van der Waals surface area contributed by atoms with Crippen molar-refractivity contribution in [2.45, 2.75) is 91.3 Å². The van der Waals surface area contributed by atoms with E-state index >= 15 is 0 Å². The maximum absolute atomic E-state index is 12.7. The zero-order chi connectivity index (χ0) is 17.0. The minimum absolute atomic E-state index is 0.0807. The van der Waals surface area contributed by atoms with Gasteiger partial charge >= 0.3 is 0 Å². The summed E-state index contributed by atoms with van der Waals surface area (Å²) in [7, 11) is 0. The molecule has 0 saturated carbocycles. The van der Waals surface area contributed by atoms with Crippen molar-refractivity contribution in [3.63, 3.8) is 0 Å². The number of likely N-dealkylation sites (tertiary alicyclic amines) is 1. The predicted octanol–water partition coefficient (Wildman–Crippen LogP) is 2.94. The van der Waals surface area contributed by atoms with Gasteiger partial charge in [-0.3, -0.25) is 4.79 Å². The number of carbonyl (C=O) groups is 1. The molecule has 0 spiro atoms. The van der Waals surface area contributed by atoms with Crippen LogP contribution in [0.2, 0.25) is 0 Å². The Labute approximate surface area is 136 Å². The Morgan fingerprint density at radius 3 is 2.32 bits per heavy atom. The smallest absolute Gasteiger partial charge is 0.239 e. The highest BCUT2D eigenvalue weighted by Crippen LogP contribution is 2.23. The van der Waals surface area contributed by atoms with E-state index < -0.39 is 0 Å². The summed E-state index contributed by atoms with van der Waals surface area (Å²) < 4.78 is 0. The number of hydrogen-bond acceptors (Lipinski definition) is 3. The average molecular weight is 312 g/mol. The molecule has 0 radical (unpaired) electrons. The quantitative estimate of drug-likeness (QED) is 0.741. The Kier molecular flexibility index (Phi) is 6.87. The maximum atomic E-state index is 12.7. The topological polar surface area (TPSA) is 52.6 Å². The highest BCUT2D eigenvalue weighted by molar-refractivity contribution is 5.82. The van der Waals surface area contributed by atoms with Gasteiger partial charge in [-0.15, -0.1) is 0 Å². The zero-order valence-corrected chi connectivity index (χ0v) is 15.4. The number of aliphatic hydroxyl groups is 1. The van der Waals surface area contributed by atoms with E-state index in [9.17, 15) is 9.90 Å². The SMILES string of the molecule is CC(C)(C)CCCCC(NC(C)(C)C)C(=O)N1CCC(O)C1. The Hall–Kier alpha value is -0.610. The summed E-state index contributed by atoms with van der Waals surface area (Å²) in [5, 5.41) is 13.1. The minimum Gasteiger partial charge on any atom is -0.391 e. The molecule has 0 aromatic carbocycles. The first-order valence-corrected chi connectivity index (χ1v) is 8.72. The molecule has 0 aromatic rings. The number of nitrogens with zero attached hydrogens (tertiary/aromatic N) is 1. The molecule has 1 heterocycles. The van der Waals surface area contributed by atoms with Gasteiger partial charge in [0.1, 0.15) is 0 Å². The molecular formula is C18H36N2O2. The summed E-state index contributed by atoms with van der Waals surface area (Å²) in [6.45, 7) is 14.2. The van der Waals surface area contributed by atoms with Crippen molar-refractivity contribution in [3.05, 3.63) is 0 Å². The lowest BCUT2D eigenvalue weighted by Gasteiger charge is -2.31. The highest BCUT2D eigenvalue weighted by Gasteiger charge is 2.31. The Bertz CT molecular complexity index is 355. The number of hydrogen-bond donors (Lipinski definition) is 2. The van der Waals surface area contributed by atoms with Crippen LogP contribution in [0, 0.1) is 5.41 Å². The first kappa shape index (κ1) is 19.4. The van der Waals surface area contributed by atoms with Gasteiger partial charge in [-0.2, -0.15) is 0 Å². The van der Waals surface area contributed by atoms with E-state index in [1.54, 1.807) is 0 Å². The van der Waals surface area contributed by atoms with Gasteiger partial charge in [-0.25, -0.2) is 0 Å². The number of nitrogens with one attached hydrogen (secondary N) is 1. The Balaban J connectivity index is 2.54. The number of aliphatic hydroxyl groups excluding tert-OH is 1. The van der Waals surface area contributed by atoms with Crippen molar-refractivity contribution in [2.75, 3.05) is 13.1 Å². The van der Waals surface area contributed by atoms with E-state index in [1.165, 1.54) is 6.42 Å². The van der Waals surface area contributed by atoms with Crippen molar-refractivity contribution in [2.24, 2.45) is 5.41 Å². The third kappa shape index (κ3) is 7.59. The summed E-state index contributed by atoms with van der Waals surface area (Å²) in [5.74, 6) is 0.155. The molecule has 4 nitrogen and oxygen atoms in total. The summed E-state index contributed by atoms with van der Waals surface area (Å²) >= 11 is 0. The Morgan fingerprint density at radius 2 is 1.86 bits per heavy atom. The van der Waals surface area contributed by atoms with Crippen molar-refractivity contribution < 1.29 is 9.90 Å².